The van der Waals surface area contributed by atoms with E-state index in [-0.39, 0.29) is 11.5 Å². The van der Waals surface area contributed by atoms with Crippen molar-refractivity contribution < 1.29 is 17.9 Å². The highest BCUT2D eigenvalue weighted by atomic mass is 32.2. The Morgan fingerprint density at radius 1 is 1.25 bits per heavy atom. The minimum atomic E-state index is -3.70. The van der Waals surface area contributed by atoms with Gasteiger partial charge in [-0.05, 0) is 19.0 Å². The van der Waals surface area contributed by atoms with Crippen LogP contribution in [0.15, 0.2) is 23.4 Å². The van der Waals surface area contributed by atoms with Crippen molar-refractivity contribution in [3.63, 3.8) is 0 Å². The fourth-order valence-corrected chi connectivity index (χ4v) is 3.68. The SMILES string of the molecule is O=S(=O)(c1cncc(F)c1)N1CCCN(CCO)CC1. The second-order valence-corrected chi connectivity index (χ2v) is 6.60. The number of rotatable bonds is 4. The average molecular weight is 303 g/mol. The van der Waals surface area contributed by atoms with Gasteiger partial charge in [0.2, 0.25) is 10.0 Å². The topological polar surface area (TPSA) is 73.7 Å². The predicted octanol–water partition coefficient (Wildman–Crippen LogP) is -0.0906. The quantitative estimate of drug-likeness (QED) is 0.841. The number of aliphatic hydroxyl groups is 1. The first kappa shape index (κ1) is 15.3. The van der Waals surface area contributed by atoms with E-state index in [0.717, 1.165) is 25.0 Å². The van der Waals surface area contributed by atoms with E-state index >= 15 is 0 Å². The summed E-state index contributed by atoms with van der Waals surface area (Å²) in [6.45, 7) is 2.62. The summed E-state index contributed by atoms with van der Waals surface area (Å²) in [5, 5.41) is 8.92. The Morgan fingerprint density at radius 2 is 2.05 bits per heavy atom. The number of β-amino-alcohol motifs (C(OH)–C–C–N with tert-alkyl or cyclic N) is 1. The fraction of sp³-hybridized carbons (Fsp3) is 0.583. The van der Waals surface area contributed by atoms with Crippen molar-refractivity contribution >= 4 is 10.0 Å². The van der Waals surface area contributed by atoms with Crippen LogP contribution in [-0.4, -0.2) is 67.0 Å². The van der Waals surface area contributed by atoms with E-state index in [1.807, 2.05) is 4.90 Å². The summed E-state index contributed by atoms with van der Waals surface area (Å²) in [5.74, 6) is -0.664. The number of hydrogen-bond donors (Lipinski definition) is 1. The van der Waals surface area contributed by atoms with E-state index in [2.05, 4.69) is 4.98 Å². The number of aliphatic hydroxyl groups excluding tert-OH is 1. The van der Waals surface area contributed by atoms with Gasteiger partial charge in [0.15, 0.2) is 0 Å². The van der Waals surface area contributed by atoms with Crippen molar-refractivity contribution in [2.45, 2.75) is 11.3 Å². The molecule has 2 heterocycles. The Kier molecular flexibility index (Phi) is 5.03. The number of pyridine rings is 1. The minimum absolute atomic E-state index is 0.0561. The summed E-state index contributed by atoms with van der Waals surface area (Å²) >= 11 is 0. The van der Waals surface area contributed by atoms with Gasteiger partial charge in [0.25, 0.3) is 0 Å². The monoisotopic (exact) mass is 303 g/mol. The lowest BCUT2D eigenvalue weighted by Crippen LogP contribution is -2.36. The van der Waals surface area contributed by atoms with E-state index in [0.29, 0.717) is 32.6 Å². The van der Waals surface area contributed by atoms with Gasteiger partial charge in [0.1, 0.15) is 10.7 Å². The van der Waals surface area contributed by atoms with E-state index in [4.69, 9.17) is 5.11 Å². The number of sulfonamides is 1. The Hall–Kier alpha value is -1.09. The zero-order chi connectivity index (χ0) is 14.6. The number of halogens is 1. The van der Waals surface area contributed by atoms with Crippen molar-refractivity contribution in [1.29, 1.82) is 0 Å². The maximum Gasteiger partial charge on any atom is 0.244 e. The molecule has 1 saturated heterocycles. The van der Waals surface area contributed by atoms with E-state index < -0.39 is 15.8 Å². The molecule has 1 fully saturated rings. The molecule has 0 spiro atoms. The molecule has 1 N–H and O–H groups in total. The highest BCUT2D eigenvalue weighted by Gasteiger charge is 2.27. The fourth-order valence-electron chi connectivity index (χ4n) is 2.24. The molecule has 0 aromatic carbocycles. The molecular weight excluding hydrogens is 285 g/mol. The van der Waals surface area contributed by atoms with Gasteiger partial charge in [0, 0.05) is 32.4 Å². The Labute approximate surface area is 117 Å². The number of aromatic nitrogens is 1. The van der Waals surface area contributed by atoms with E-state index in [1.54, 1.807) is 0 Å². The molecule has 0 unspecified atom stereocenters. The van der Waals surface area contributed by atoms with Gasteiger partial charge in [-0.2, -0.15) is 4.31 Å². The summed E-state index contributed by atoms with van der Waals surface area (Å²) < 4.78 is 39.3. The number of hydrogen-bond acceptors (Lipinski definition) is 5. The van der Waals surface area contributed by atoms with Crippen LogP contribution < -0.4 is 0 Å². The molecule has 0 atom stereocenters. The summed E-state index contributed by atoms with van der Waals surface area (Å²) in [4.78, 5) is 5.48. The lowest BCUT2D eigenvalue weighted by Gasteiger charge is -2.21. The van der Waals surface area contributed by atoms with Crippen LogP contribution in [0.4, 0.5) is 4.39 Å². The van der Waals surface area contributed by atoms with Crippen LogP contribution in [0, 0.1) is 5.82 Å². The van der Waals surface area contributed by atoms with Crippen molar-refractivity contribution in [2.24, 2.45) is 0 Å². The molecule has 0 bridgehead atoms. The van der Waals surface area contributed by atoms with Gasteiger partial charge in [-0.25, -0.2) is 12.8 Å². The maximum atomic E-state index is 13.1. The van der Waals surface area contributed by atoms with Gasteiger partial charge >= 0.3 is 0 Å². The Bertz CT molecular complexity index is 553. The number of nitrogens with zero attached hydrogens (tertiary/aromatic N) is 3. The van der Waals surface area contributed by atoms with Crippen molar-refractivity contribution in [3.8, 4) is 0 Å². The van der Waals surface area contributed by atoms with Crippen LogP contribution in [0.25, 0.3) is 0 Å². The molecule has 6 nitrogen and oxygen atoms in total. The van der Waals surface area contributed by atoms with Crippen molar-refractivity contribution in [3.05, 3.63) is 24.3 Å². The minimum Gasteiger partial charge on any atom is -0.395 e. The highest BCUT2D eigenvalue weighted by molar-refractivity contribution is 7.89. The molecule has 0 amide bonds. The second-order valence-electron chi connectivity index (χ2n) is 4.66. The maximum absolute atomic E-state index is 13.1. The molecule has 0 radical (unpaired) electrons. The summed E-state index contributed by atoms with van der Waals surface area (Å²) in [6.07, 6.45) is 2.82. The van der Waals surface area contributed by atoms with E-state index in [9.17, 15) is 12.8 Å². The molecule has 2 rings (SSSR count). The summed E-state index contributed by atoms with van der Waals surface area (Å²) in [7, 11) is -3.70. The molecule has 0 saturated carbocycles. The molecule has 112 valence electrons. The van der Waals surface area contributed by atoms with Gasteiger partial charge in [-0.1, -0.05) is 0 Å². The molecule has 20 heavy (non-hydrogen) atoms. The Morgan fingerprint density at radius 3 is 2.75 bits per heavy atom. The zero-order valence-corrected chi connectivity index (χ0v) is 11.9. The predicted molar refractivity (Wildman–Crippen MR) is 71.1 cm³/mol. The normalized spacial score (nSPS) is 18.9. The molecule has 0 aliphatic carbocycles. The standard InChI is InChI=1S/C12H18FN3O3S/c13-11-8-12(10-14-9-11)20(18,19)16-3-1-2-15(4-5-16)6-7-17/h8-10,17H,1-7H2. The smallest absolute Gasteiger partial charge is 0.244 e. The lowest BCUT2D eigenvalue weighted by atomic mass is 10.4. The van der Waals surface area contributed by atoms with E-state index in [1.165, 1.54) is 4.31 Å². The molecule has 8 heteroatoms. The van der Waals surface area contributed by atoms with Crippen LogP contribution in [0.5, 0.6) is 0 Å². The van der Waals surface area contributed by atoms with Crippen LogP contribution in [0.1, 0.15) is 6.42 Å². The molecule has 1 aliphatic rings. The molecule has 1 aromatic rings. The third-order valence-electron chi connectivity index (χ3n) is 3.28. The van der Waals surface area contributed by atoms with Crippen LogP contribution in [0.2, 0.25) is 0 Å². The van der Waals surface area contributed by atoms with Crippen LogP contribution in [-0.2, 0) is 10.0 Å². The molecular formula is C12H18FN3O3S. The Balaban J connectivity index is 2.14. The third-order valence-corrected chi connectivity index (χ3v) is 5.15. The first-order valence-corrected chi connectivity index (χ1v) is 7.92. The van der Waals surface area contributed by atoms with Gasteiger partial charge in [0.05, 0.1) is 12.8 Å². The van der Waals surface area contributed by atoms with Crippen LogP contribution >= 0.6 is 0 Å². The summed E-state index contributed by atoms with van der Waals surface area (Å²) in [6, 6.07) is 0.985. The second kappa shape index (κ2) is 6.57. The highest BCUT2D eigenvalue weighted by Crippen LogP contribution is 2.17. The van der Waals surface area contributed by atoms with Gasteiger partial charge in [-0.3, -0.25) is 9.88 Å². The van der Waals surface area contributed by atoms with Crippen molar-refractivity contribution in [2.75, 3.05) is 39.3 Å². The van der Waals surface area contributed by atoms with Crippen LogP contribution in [0.3, 0.4) is 0 Å². The molecule has 1 aliphatic heterocycles. The third kappa shape index (κ3) is 3.51. The molecule has 1 aromatic heterocycles. The summed E-state index contributed by atoms with van der Waals surface area (Å²) in [5.41, 5.74) is 0. The van der Waals surface area contributed by atoms with Crippen molar-refractivity contribution in [1.82, 2.24) is 14.2 Å². The zero-order valence-electron chi connectivity index (χ0n) is 11.1. The largest absolute Gasteiger partial charge is 0.395 e. The van der Waals surface area contributed by atoms with Gasteiger partial charge in [-0.15, -0.1) is 0 Å². The lowest BCUT2D eigenvalue weighted by molar-refractivity contribution is 0.202. The average Bonchev–Trinajstić information content (AvgIpc) is 2.65. The first-order valence-electron chi connectivity index (χ1n) is 6.48. The first-order chi connectivity index (χ1) is 9.54. The van der Waals surface area contributed by atoms with Gasteiger partial charge < -0.3 is 5.11 Å².